The van der Waals surface area contributed by atoms with E-state index in [1.807, 2.05) is 13.0 Å². The molecule has 0 spiro atoms. The fraction of sp³-hybridized carbons (Fsp3) is 0.389. The lowest BCUT2D eigenvalue weighted by atomic mass is 10.2. The number of ether oxygens (including phenoxy) is 1. The molecule has 2 N–H and O–H groups in total. The Kier molecular flexibility index (Phi) is 6.25. The van der Waals surface area contributed by atoms with Crippen molar-refractivity contribution >= 4 is 29.3 Å². The van der Waals surface area contributed by atoms with Crippen LogP contribution in [0.4, 0.5) is 11.8 Å². The number of carbonyl (C=O) groups is 1. The molecule has 1 fully saturated rings. The number of morpholine rings is 1. The first-order valence-electron chi connectivity index (χ1n) is 8.58. The van der Waals surface area contributed by atoms with Gasteiger partial charge in [-0.2, -0.15) is 4.98 Å². The fourth-order valence-corrected chi connectivity index (χ4v) is 2.86. The lowest BCUT2D eigenvalue weighted by Crippen LogP contribution is -2.37. The molecule has 0 aliphatic carbocycles. The number of nitrogens with zero attached hydrogens (tertiary/aromatic N) is 3. The highest BCUT2D eigenvalue weighted by Gasteiger charge is 2.14. The van der Waals surface area contributed by atoms with Gasteiger partial charge in [0, 0.05) is 48.5 Å². The molecule has 0 atom stereocenters. The van der Waals surface area contributed by atoms with Crippen LogP contribution in [0, 0.1) is 6.92 Å². The first-order valence-corrected chi connectivity index (χ1v) is 8.95. The van der Waals surface area contributed by atoms with E-state index in [1.54, 1.807) is 24.3 Å². The first kappa shape index (κ1) is 18.4. The van der Waals surface area contributed by atoms with Crippen molar-refractivity contribution in [1.29, 1.82) is 0 Å². The molecule has 1 aromatic carbocycles. The molecule has 2 heterocycles. The topological polar surface area (TPSA) is 79.4 Å². The Bertz CT molecular complexity index is 765. The van der Waals surface area contributed by atoms with Crippen molar-refractivity contribution in [3.63, 3.8) is 0 Å². The molecule has 1 aromatic heterocycles. The normalized spacial score (nSPS) is 14.2. The van der Waals surface area contributed by atoms with Gasteiger partial charge < -0.3 is 20.3 Å². The molecule has 1 saturated heterocycles. The monoisotopic (exact) mass is 375 g/mol. The summed E-state index contributed by atoms with van der Waals surface area (Å²) in [5.74, 6) is 1.29. The second-order valence-electron chi connectivity index (χ2n) is 5.98. The summed E-state index contributed by atoms with van der Waals surface area (Å²) in [6.45, 7) is 5.99. The lowest BCUT2D eigenvalue weighted by molar-refractivity contribution is 0.0955. The number of aryl methyl sites for hydroxylation is 1. The number of hydrogen-bond donors (Lipinski definition) is 2. The molecule has 1 aliphatic heterocycles. The number of carbonyl (C=O) groups excluding carboxylic acids is 1. The van der Waals surface area contributed by atoms with Crippen LogP contribution in [-0.4, -0.2) is 55.3 Å². The minimum absolute atomic E-state index is 0.159. The molecule has 0 saturated carbocycles. The molecular weight excluding hydrogens is 354 g/mol. The maximum absolute atomic E-state index is 12.1. The predicted octanol–water partition coefficient (Wildman–Crippen LogP) is 2.12. The van der Waals surface area contributed by atoms with Crippen LogP contribution in [0.5, 0.6) is 0 Å². The van der Waals surface area contributed by atoms with Gasteiger partial charge in [-0.15, -0.1) is 0 Å². The van der Waals surface area contributed by atoms with Gasteiger partial charge in [0.1, 0.15) is 5.82 Å². The molecule has 0 bridgehead atoms. The summed E-state index contributed by atoms with van der Waals surface area (Å²) in [6.07, 6.45) is 0. The Morgan fingerprint density at radius 3 is 2.81 bits per heavy atom. The summed E-state index contributed by atoms with van der Waals surface area (Å²) in [7, 11) is 0. The van der Waals surface area contributed by atoms with E-state index in [-0.39, 0.29) is 5.91 Å². The summed E-state index contributed by atoms with van der Waals surface area (Å²) in [4.78, 5) is 23.2. The van der Waals surface area contributed by atoms with Gasteiger partial charge in [-0.1, -0.05) is 17.7 Å². The molecule has 0 radical (unpaired) electrons. The number of anilines is 2. The van der Waals surface area contributed by atoms with Crippen molar-refractivity contribution in [3.8, 4) is 0 Å². The molecule has 26 heavy (non-hydrogen) atoms. The Hall–Kier alpha value is -2.38. The number of nitrogens with one attached hydrogen (secondary N) is 2. The van der Waals surface area contributed by atoms with Gasteiger partial charge in [-0.25, -0.2) is 4.98 Å². The van der Waals surface area contributed by atoms with Crippen LogP contribution in [0.25, 0.3) is 0 Å². The number of hydrogen-bond acceptors (Lipinski definition) is 6. The number of aromatic nitrogens is 2. The Morgan fingerprint density at radius 2 is 2.04 bits per heavy atom. The van der Waals surface area contributed by atoms with Gasteiger partial charge in [0.15, 0.2) is 0 Å². The predicted molar refractivity (Wildman–Crippen MR) is 102 cm³/mol. The fourth-order valence-electron chi connectivity index (χ4n) is 2.67. The molecule has 1 aliphatic rings. The van der Waals surface area contributed by atoms with E-state index < -0.39 is 0 Å². The van der Waals surface area contributed by atoms with Gasteiger partial charge in [-0.3, -0.25) is 4.79 Å². The van der Waals surface area contributed by atoms with Gasteiger partial charge in [0.2, 0.25) is 5.95 Å². The highest BCUT2D eigenvalue weighted by molar-refractivity contribution is 6.30. The van der Waals surface area contributed by atoms with Gasteiger partial charge >= 0.3 is 0 Å². The van der Waals surface area contributed by atoms with Crippen molar-refractivity contribution < 1.29 is 9.53 Å². The third-order valence-corrected chi connectivity index (χ3v) is 4.19. The van der Waals surface area contributed by atoms with Crippen molar-refractivity contribution in [2.24, 2.45) is 0 Å². The standard InChI is InChI=1S/C18H22ClN5O2/c1-13-11-16(24-7-9-26-10-8-24)23-18(22-13)21-6-5-20-17(25)14-3-2-4-15(19)12-14/h2-4,11-12H,5-10H2,1H3,(H,20,25)(H,21,22,23). The maximum Gasteiger partial charge on any atom is 0.251 e. The number of benzene rings is 1. The summed E-state index contributed by atoms with van der Waals surface area (Å²) < 4.78 is 5.38. The summed E-state index contributed by atoms with van der Waals surface area (Å²) in [5, 5.41) is 6.55. The lowest BCUT2D eigenvalue weighted by Gasteiger charge is -2.28. The molecule has 8 heteroatoms. The molecular formula is C18H22ClN5O2. The van der Waals surface area contributed by atoms with Gasteiger partial charge in [0.05, 0.1) is 13.2 Å². The number of halogens is 1. The minimum Gasteiger partial charge on any atom is -0.378 e. The van der Waals surface area contributed by atoms with E-state index in [2.05, 4.69) is 25.5 Å². The summed E-state index contributed by atoms with van der Waals surface area (Å²) in [6, 6.07) is 8.83. The van der Waals surface area contributed by atoms with Crippen molar-refractivity contribution in [2.45, 2.75) is 6.92 Å². The zero-order valence-corrected chi connectivity index (χ0v) is 15.4. The molecule has 2 aromatic rings. The van der Waals surface area contributed by atoms with E-state index >= 15 is 0 Å². The molecule has 0 unspecified atom stereocenters. The van der Waals surface area contributed by atoms with Crippen molar-refractivity contribution in [1.82, 2.24) is 15.3 Å². The van der Waals surface area contributed by atoms with Crippen LogP contribution < -0.4 is 15.5 Å². The summed E-state index contributed by atoms with van der Waals surface area (Å²) >= 11 is 5.90. The molecule has 1 amide bonds. The largest absolute Gasteiger partial charge is 0.378 e. The molecule has 7 nitrogen and oxygen atoms in total. The van der Waals surface area contributed by atoms with Crippen LogP contribution in [0.15, 0.2) is 30.3 Å². The van der Waals surface area contributed by atoms with E-state index in [4.69, 9.17) is 16.3 Å². The number of rotatable bonds is 6. The number of amides is 1. The van der Waals surface area contributed by atoms with Crippen LogP contribution in [0.3, 0.4) is 0 Å². The smallest absolute Gasteiger partial charge is 0.251 e. The van der Waals surface area contributed by atoms with E-state index in [1.165, 1.54) is 0 Å². The highest BCUT2D eigenvalue weighted by Crippen LogP contribution is 2.16. The average Bonchev–Trinajstić information content (AvgIpc) is 2.65. The van der Waals surface area contributed by atoms with Crippen LogP contribution in [0.2, 0.25) is 5.02 Å². The van der Waals surface area contributed by atoms with Crippen molar-refractivity contribution in [3.05, 3.63) is 46.6 Å². The molecule has 138 valence electrons. The second kappa shape index (κ2) is 8.82. The van der Waals surface area contributed by atoms with E-state index in [0.29, 0.717) is 42.8 Å². The highest BCUT2D eigenvalue weighted by atomic mass is 35.5. The zero-order chi connectivity index (χ0) is 18.4. The second-order valence-corrected chi connectivity index (χ2v) is 6.42. The van der Waals surface area contributed by atoms with E-state index in [0.717, 1.165) is 24.6 Å². The third kappa shape index (κ3) is 5.06. The molecule has 3 rings (SSSR count). The van der Waals surface area contributed by atoms with Gasteiger partial charge in [-0.05, 0) is 25.1 Å². The van der Waals surface area contributed by atoms with Gasteiger partial charge in [0.25, 0.3) is 5.91 Å². The van der Waals surface area contributed by atoms with Crippen LogP contribution in [0.1, 0.15) is 16.1 Å². The van der Waals surface area contributed by atoms with Crippen LogP contribution in [-0.2, 0) is 4.74 Å². The first-order chi connectivity index (χ1) is 12.6. The quantitative estimate of drug-likeness (QED) is 0.753. The Morgan fingerprint density at radius 1 is 1.23 bits per heavy atom. The maximum atomic E-state index is 12.1. The average molecular weight is 376 g/mol. The van der Waals surface area contributed by atoms with E-state index in [9.17, 15) is 4.79 Å². The third-order valence-electron chi connectivity index (χ3n) is 3.96. The zero-order valence-electron chi connectivity index (χ0n) is 14.7. The SMILES string of the molecule is Cc1cc(N2CCOCC2)nc(NCCNC(=O)c2cccc(Cl)c2)n1. The van der Waals surface area contributed by atoms with Crippen molar-refractivity contribution in [2.75, 3.05) is 49.6 Å². The Labute approximate surface area is 157 Å². The van der Waals surface area contributed by atoms with Crippen LogP contribution >= 0.6 is 11.6 Å². The summed E-state index contributed by atoms with van der Waals surface area (Å²) in [5.41, 5.74) is 1.44. The Balaban J connectivity index is 1.51. The minimum atomic E-state index is -0.159.